The molecule has 1 amide bonds. The summed E-state index contributed by atoms with van der Waals surface area (Å²) in [5.74, 6) is 3.10. The Labute approximate surface area is 189 Å². The highest BCUT2D eigenvalue weighted by atomic mass is 16.4. The molecule has 2 bridgehead atoms. The molecular weight excluding hydrogens is 402 g/mol. The predicted molar refractivity (Wildman–Crippen MR) is 122 cm³/mol. The van der Waals surface area contributed by atoms with E-state index in [2.05, 4.69) is 17.3 Å². The van der Waals surface area contributed by atoms with Gasteiger partial charge in [-0.05, 0) is 86.8 Å². The van der Waals surface area contributed by atoms with E-state index in [9.17, 15) is 9.59 Å². The topological polar surface area (TPSA) is 84.2 Å². The number of fused-ring (bicyclic) bond motifs is 1. The van der Waals surface area contributed by atoms with Gasteiger partial charge in [0.2, 0.25) is 5.91 Å². The lowest BCUT2D eigenvalue weighted by Gasteiger charge is -2.49. The van der Waals surface area contributed by atoms with Gasteiger partial charge in [-0.3, -0.25) is 14.3 Å². The van der Waals surface area contributed by atoms with E-state index in [0.717, 1.165) is 46.0 Å². The number of aliphatic carboxylic acids is 1. The maximum absolute atomic E-state index is 13.1. The average Bonchev–Trinajstić information content (AvgIpc) is 3.14. The molecule has 3 aliphatic rings. The Balaban J connectivity index is 1.23. The van der Waals surface area contributed by atoms with Crippen LogP contribution in [0.2, 0.25) is 0 Å². The summed E-state index contributed by atoms with van der Waals surface area (Å²) in [4.78, 5) is 24.2. The van der Waals surface area contributed by atoms with Crippen molar-refractivity contribution in [1.29, 1.82) is 0 Å². The summed E-state index contributed by atoms with van der Waals surface area (Å²) in [6.45, 7) is 6.70. The third-order valence-corrected chi connectivity index (χ3v) is 8.36. The summed E-state index contributed by atoms with van der Waals surface area (Å²) in [5, 5.41) is 16.8. The van der Waals surface area contributed by atoms with Gasteiger partial charge in [0.25, 0.3) is 0 Å². The van der Waals surface area contributed by atoms with Gasteiger partial charge in [-0.25, -0.2) is 0 Å². The van der Waals surface area contributed by atoms with E-state index in [1.54, 1.807) is 0 Å². The number of anilines is 1. The second kappa shape index (κ2) is 8.05. The highest BCUT2D eigenvalue weighted by Gasteiger charge is 2.59. The van der Waals surface area contributed by atoms with Gasteiger partial charge in [-0.1, -0.05) is 19.1 Å². The maximum Gasteiger partial charge on any atom is 0.307 e. The van der Waals surface area contributed by atoms with Gasteiger partial charge >= 0.3 is 5.97 Å². The molecule has 0 aliphatic heterocycles. The fourth-order valence-electron chi connectivity index (χ4n) is 6.98. The second-order valence-corrected chi connectivity index (χ2v) is 10.5. The average molecular weight is 436 g/mol. The number of hydrogen-bond acceptors (Lipinski definition) is 3. The van der Waals surface area contributed by atoms with E-state index in [1.807, 2.05) is 42.8 Å². The number of carbonyl (C=O) groups excluding carboxylic acids is 1. The SMILES string of the molecule is Cc1nn(Cc2ccc(NC(=O)C3[C@H]4C[C@@H](C)C[C@@H]5CC4[C@@H]3C5)cc2)c(C)c1CC(=O)O. The minimum atomic E-state index is -0.843. The number of aromatic nitrogens is 2. The third-order valence-electron chi connectivity index (χ3n) is 8.36. The van der Waals surface area contributed by atoms with Gasteiger partial charge < -0.3 is 10.4 Å². The molecule has 6 heteroatoms. The largest absolute Gasteiger partial charge is 0.481 e. The number of nitrogens with one attached hydrogen (secondary N) is 1. The van der Waals surface area contributed by atoms with Crippen LogP contribution in [0.1, 0.15) is 55.1 Å². The van der Waals surface area contributed by atoms with Crippen LogP contribution in [0.4, 0.5) is 5.69 Å². The molecule has 1 heterocycles. The first-order valence-corrected chi connectivity index (χ1v) is 11.9. The Morgan fingerprint density at radius 3 is 2.47 bits per heavy atom. The molecule has 5 rings (SSSR count). The molecule has 0 spiro atoms. The van der Waals surface area contributed by atoms with Crippen molar-refractivity contribution in [3.05, 3.63) is 46.8 Å². The number of rotatable bonds is 6. The molecule has 2 aromatic rings. The van der Waals surface area contributed by atoms with Crippen LogP contribution in [0.5, 0.6) is 0 Å². The van der Waals surface area contributed by atoms with Crippen LogP contribution < -0.4 is 5.32 Å². The van der Waals surface area contributed by atoms with Crippen molar-refractivity contribution in [2.75, 3.05) is 5.32 Å². The van der Waals surface area contributed by atoms with Gasteiger partial charge in [0.15, 0.2) is 0 Å². The van der Waals surface area contributed by atoms with Gasteiger partial charge in [0.05, 0.1) is 18.7 Å². The molecule has 0 radical (unpaired) electrons. The Kier molecular flexibility index (Phi) is 5.34. The van der Waals surface area contributed by atoms with Crippen molar-refractivity contribution in [3.63, 3.8) is 0 Å². The van der Waals surface area contributed by atoms with E-state index in [1.165, 1.54) is 25.7 Å². The predicted octanol–water partition coefficient (Wildman–Crippen LogP) is 4.43. The van der Waals surface area contributed by atoms with Crippen molar-refractivity contribution < 1.29 is 14.7 Å². The fourth-order valence-corrected chi connectivity index (χ4v) is 6.98. The van der Waals surface area contributed by atoms with Gasteiger partial charge in [0, 0.05) is 22.9 Å². The van der Waals surface area contributed by atoms with Crippen LogP contribution in [0.15, 0.2) is 24.3 Å². The summed E-state index contributed by atoms with van der Waals surface area (Å²) in [7, 11) is 0. The first-order valence-electron chi connectivity index (χ1n) is 11.9. The molecule has 6 nitrogen and oxygen atoms in total. The molecule has 6 atom stereocenters. The van der Waals surface area contributed by atoms with Crippen LogP contribution in [-0.2, 0) is 22.6 Å². The number of benzene rings is 1. The summed E-state index contributed by atoms with van der Waals surface area (Å²) >= 11 is 0. The number of carboxylic acids is 1. The lowest BCUT2D eigenvalue weighted by atomic mass is 9.55. The Hall–Kier alpha value is -2.63. The summed E-state index contributed by atoms with van der Waals surface area (Å²) in [6, 6.07) is 7.96. The van der Waals surface area contributed by atoms with Crippen molar-refractivity contribution in [3.8, 4) is 0 Å². The number of carboxylic acid groups (broad SMARTS) is 1. The third kappa shape index (κ3) is 3.74. The van der Waals surface area contributed by atoms with Crippen LogP contribution >= 0.6 is 0 Å². The quantitative estimate of drug-likeness (QED) is 0.703. The molecule has 32 heavy (non-hydrogen) atoms. The van der Waals surface area contributed by atoms with E-state index in [-0.39, 0.29) is 18.2 Å². The summed E-state index contributed by atoms with van der Waals surface area (Å²) < 4.78 is 1.86. The maximum atomic E-state index is 13.1. The van der Waals surface area contributed by atoms with Gasteiger partial charge in [-0.2, -0.15) is 5.10 Å². The lowest BCUT2D eigenvalue weighted by Crippen LogP contribution is -2.50. The molecule has 1 aromatic heterocycles. The van der Waals surface area contributed by atoms with E-state index in [0.29, 0.717) is 18.4 Å². The number of amides is 1. The molecule has 170 valence electrons. The molecule has 2 N–H and O–H groups in total. The fraction of sp³-hybridized carbons (Fsp3) is 0.577. The normalized spacial score (nSPS) is 30.5. The highest BCUT2D eigenvalue weighted by molar-refractivity contribution is 5.93. The summed E-state index contributed by atoms with van der Waals surface area (Å²) in [5.41, 5.74) is 4.35. The Morgan fingerprint density at radius 2 is 1.75 bits per heavy atom. The van der Waals surface area contributed by atoms with Crippen LogP contribution in [0.3, 0.4) is 0 Å². The van der Waals surface area contributed by atoms with Crippen molar-refractivity contribution >= 4 is 17.6 Å². The first-order chi connectivity index (χ1) is 15.3. The molecule has 3 fully saturated rings. The zero-order valence-electron chi connectivity index (χ0n) is 19.2. The number of carbonyl (C=O) groups is 2. The highest BCUT2D eigenvalue weighted by Crippen LogP contribution is 2.62. The van der Waals surface area contributed by atoms with Crippen LogP contribution in [0.25, 0.3) is 0 Å². The van der Waals surface area contributed by atoms with Crippen molar-refractivity contribution in [2.45, 2.75) is 59.4 Å². The van der Waals surface area contributed by atoms with Gasteiger partial charge in [-0.15, -0.1) is 0 Å². The number of hydrogen-bond donors (Lipinski definition) is 2. The number of nitrogens with zero attached hydrogens (tertiary/aromatic N) is 2. The zero-order chi connectivity index (χ0) is 22.6. The lowest BCUT2D eigenvalue weighted by molar-refractivity contribution is -0.136. The minimum Gasteiger partial charge on any atom is -0.481 e. The van der Waals surface area contributed by atoms with Crippen LogP contribution in [0, 0.1) is 49.4 Å². The number of aryl methyl sites for hydroxylation is 1. The first kappa shape index (κ1) is 21.2. The van der Waals surface area contributed by atoms with Crippen molar-refractivity contribution in [1.82, 2.24) is 9.78 Å². The monoisotopic (exact) mass is 435 g/mol. The second-order valence-electron chi connectivity index (χ2n) is 10.5. The van der Waals surface area contributed by atoms with E-state index in [4.69, 9.17) is 5.11 Å². The Bertz CT molecular complexity index is 1040. The minimum absolute atomic E-state index is 0.00777. The Morgan fingerprint density at radius 1 is 1.06 bits per heavy atom. The standard InChI is InChI=1S/C26H33N3O3/c1-14-8-18-10-21-22(9-14)25(23(21)11-18)26(32)27-19-6-4-17(5-7-19)13-29-16(3)20(12-24(30)31)15(2)28-29/h4-7,14,18,21-23,25H,8-13H2,1-3H3,(H,27,32)(H,30,31)/t14-,18+,21?,22-,23-,25?/m0/s1. The van der Waals surface area contributed by atoms with Gasteiger partial charge in [0.1, 0.15) is 0 Å². The molecule has 3 aliphatic carbocycles. The molecule has 0 saturated heterocycles. The van der Waals surface area contributed by atoms with Crippen LogP contribution in [-0.4, -0.2) is 26.8 Å². The van der Waals surface area contributed by atoms with E-state index < -0.39 is 5.97 Å². The zero-order valence-corrected chi connectivity index (χ0v) is 19.2. The molecule has 1 aromatic carbocycles. The molecular formula is C26H33N3O3. The summed E-state index contributed by atoms with van der Waals surface area (Å²) in [6.07, 6.45) is 5.15. The van der Waals surface area contributed by atoms with E-state index >= 15 is 0 Å². The molecule has 2 unspecified atom stereocenters. The smallest absolute Gasteiger partial charge is 0.307 e. The van der Waals surface area contributed by atoms with Crippen molar-refractivity contribution in [2.24, 2.45) is 35.5 Å². The molecule has 3 saturated carbocycles.